The Bertz CT molecular complexity index is 708. The highest BCUT2D eigenvalue weighted by Crippen LogP contribution is 2.40. The SMILES string of the molecule is COC(=O)C(C)C1CCC(c2ccnc3ccc(F)cc23)CC1. The van der Waals surface area contributed by atoms with Gasteiger partial charge in [-0.3, -0.25) is 9.78 Å². The van der Waals surface area contributed by atoms with E-state index in [0.717, 1.165) is 36.6 Å². The van der Waals surface area contributed by atoms with E-state index in [-0.39, 0.29) is 17.7 Å². The van der Waals surface area contributed by atoms with Gasteiger partial charge in [0, 0.05) is 11.6 Å². The van der Waals surface area contributed by atoms with Crippen molar-refractivity contribution in [2.45, 2.75) is 38.5 Å². The molecule has 0 N–H and O–H groups in total. The standard InChI is InChI=1S/C19H22FNO2/c1-12(19(22)23-2)13-3-5-14(6-4-13)16-9-10-21-18-8-7-15(20)11-17(16)18/h7-14H,3-6H2,1-2H3. The summed E-state index contributed by atoms with van der Waals surface area (Å²) < 4.78 is 18.5. The summed E-state index contributed by atoms with van der Waals surface area (Å²) in [5.41, 5.74) is 2.02. The molecule has 0 spiro atoms. The smallest absolute Gasteiger partial charge is 0.308 e. The van der Waals surface area contributed by atoms with Gasteiger partial charge in [-0.05, 0) is 67.3 Å². The van der Waals surface area contributed by atoms with E-state index in [1.807, 2.05) is 13.0 Å². The van der Waals surface area contributed by atoms with E-state index >= 15 is 0 Å². The number of carbonyl (C=O) groups is 1. The third-order valence-corrected chi connectivity index (χ3v) is 5.23. The van der Waals surface area contributed by atoms with Crippen LogP contribution in [0, 0.1) is 17.7 Å². The van der Waals surface area contributed by atoms with Crippen molar-refractivity contribution in [1.29, 1.82) is 0 Å². The van der Waals surface area contributed by atoms with Crippen molar-refractivity contribution in [3.63, 3.8) is 0 Å². The van der Waals surface area contributed by atoms with E-state index in [2.05, 4.69) is 4.98 Å². The summed E-state index contributed by atoms with van der Waals surface area (Å²) in [7, 11) is 1.45. The molecular weight excluding hydrogens is 293 g/mol. The molecule has 1 unspecified atom stereocenters. The van der Waals surface area contributed by atoms with Crippen molar-refractivity contribution in [1.82, 2.24) is 4.98 Å². The van der Waals surface area contributed by atoms with Crippen LogP contribution < -0.4 is 0 Å². The van der Waals surface area contributed by atoms with Gasteiger partial charge in [0.1, 0.15) is 5.82 Å². The Labute approximate surface area is 135 Å². The maximum atomic E-state index is 13.6. The number of aromatic nitrogens is 1. The Kier molecular flexibility index (Phi) is 4.60. The molecule has 1 aliphatic carbocycles. The normalized spacial score (nSPS) is 22.7. The number of benzene rings is 1. The molecule has 1 aromatic carbocycles. The van der Waals surface area contributed by atoms with Crippen LogP contribution in [-0.4, -0.2) is 18.1 Å². The van der Waals surface area contributed by atoms with Crippen LogP contribution in [0.3, 0.4) is 0 Å². The van der Waals surface area contributed by atoms with Crippen molar-refractivity contribution < 1.29 is 13.9 Å². The van der Waals surface area contributed by atoms with Crippen LogP contribution in [0.15, 0.2) is 30.5 Å². The summed E-state index contributed by atoms with van der Waals surface area (Å²) >= 11 is 0. The molecule has 1 aliphatic rings. The lowest BCUT2D eigenvalue weighted by atomic mass is 9.74. The molecule has 2 aromatic rings. The first kappa shape index (κ1) is 15.9. The zero-order chi connectivity index (χ0) is 16.4. The van der Waals surface area contributed by atoms with Crippen LogP contribution in [0.1, 0.15) is 44.1 Å². The van der Waals surface area contributed by atoms with Crippen LogP contribution in [-0.2, 0) is 9.53 Å². The molecular formula is C19H22FNO2. The first-order valence-electron chi connectivity index (χ1n) is 8.22. The molecule has 0 amide bonds. The number of hydrogen-bond donors (Lipinski definition) is 0. The second kappa shape index (κ2) is 6.65. The van der Waals surface area contributed by atoms with Gasteiger partial charge < -0.3 is 4.74 Å². The molecule has 4 heteroatoms. The van der Waals surface area contributed by atoms with Crippen molar-refractivity contribution in [3.8, 4) is 0 Å². The first-order valence-corrected chi connectivity index (χ1v) is 8.22. The molecule has 0 bridgehead atoms. The molecule has 3 rings (SSSR count). The van der Waals surface area contributed by atoms with Gasteiger partial charge >= 0.3 is 5.97 Å². The van der Waals surface area contributed by atoms with Crippen molar-refractivity contribution >= 4 is 16.9 Å². The molecule has 3 nitrogen and oxygen atoms in total. The number of pyridine rings is 1. The van der Waals surface area contributed by atoms with Gasteiger partial charge in [0.2, 0.25) is 0 Å². The quantitative estimate of drug-likeness (QED) is 0.785. The summed E-state index contributed by atoms with van der Waals surface area (Å²) in [5, 5.41) is 0.914. The number of halogens is 1. The Morgan fingerprint density at radius 3 is 2.70 bits per heavy atom. The van der Waals surface area contributed by atoms with Gasteiger partial charge in [-0.15, -0.1) is 0 Å². The largest absolute Gasteiger partial charge is 0.469 e. The summed E-state index contributed by atoms with van der Waals surface area (Å²) in [4.78, 5) is 16.0. The average molecular weight is 315 g/mol. The maximum absolute atomic E-state index is 13.6. The van der Waals surface area contributed by atoms with Crippen molar-refractivity contribution in [2.75, 3.05) is 7.11 Å². The number of carbonyl (C=O) groups excluding carboxylic acids is 1. The van der Waals surface area contributed by atoms with Crippen LogP contribution in [0.25, 0.3) is 10.9 Å². The van der Waals surface area contributed by atoms with Gasteiger partial charge in [0.05, 0.1) is 18.5 Å². The minimum absolute atomic E-state index is 0.0485. The monoisotopic (exact) mass is 315 g/mol. The van der Waals surface area contributed by atoms with Crippen molar-refractivity contribution in [2.24, 2.45) is 11.8 Å². The van der Waals surface area contributed by atoms with E-state index in [1.54, 1.807) is 18.3 Å². The summed E-state index contributed by atoms with van der Waals surface area (Å²) in [5.74, 6) is 0.393. The van der Waals surface area contributed by atoms with Crippen LogP contribution in [0.4, 0.5) is 4.39 Å². The van der Waals surface area contributed by atoms with E-state index < -0.39 is 0 Å². The second-order valence-electron chi connectivity index (χ2n) is 6.49. The molecule has 1 saturated carbocycles. The third-order valence-electron chi connectivity index (χ3n) is 5.23. The third kappa shape index (κ3) is 3.21. The molecule has 1 fully saturated rings. The Morgan fingerprint density at radius 2 is 2.00 bits per heavy atom. The number of esters is 1. The molecule has 23 heavy (non-hydrogen) atoms. The van der Waals surface area contributed by atoms with Gasteiger partial charge in [-0.2, -0.15) is 0 Å². The molecule has 0 radical (unpaired) electrons. The highest BCUT2D eigenvalue weighted by Gasteiger charge is 2.30. The minimum Gasteiger partial charge on any atom is -0.469 e. The highest BCUT2D eigenvalue weighted by atomic mass is 19.1. The number of nitrogens with zero attached hydrogens (tertiary/aromatic N) is 1. The van der Waals surface area contributed by atoms with Crippen LogP contribution in [0.5, 0.6) is 0 Å². The Balaban J connectivity index is 1.78. The van der Waals surface area contributed by atoms with Gasteiger partial charge in [-0.1, -0.05) is 6.92 Å². The highest BCUT2D eigenvalue weighted by molar-refractivity contribution is 5.82. The van der Waals surface area contributed by atoms with Gasteiger partial charge in [-0.25, -0.2) is 4.39 Å². The van der Waals surface area contributed by atoms with E-state index in [9.17, 15) is 9.18 Å². The first-order chi connectivity index (χ1) is 11.1. The molecule has 1 atom stereocenters. The number of ether oxygens (including phenoxy) is 1. The number of methoxy groups -OCH3 is 1. The van der Waals surface area contributed by atoms with E-state index in [0.29, 0.717) is 11.8 Å². The zero-order valence-corrected chi connectivity index (χ0v) is 13.6. The van der Waals surface area contributed by atoms with E-state index in [4.69, 9.17) is 4.74 Å². The van der Waals surface area contributed by atoms with Crippen LogP contribution in [0.2, 0.25) is 0 Å². The maximum Gasteiger partial charge on any atom is 0.308 e. The van der Waals surface area contributed by atoms with Crippen LogP contribution >= 0.6 is 0 Å². The minimum atomic E-state index is -0.222. The molecule has 0 aliphatic heterocycles. The number of hydrogen-bond acceptors (Lipinski definition) is 3. The zero-order valence-electron chi connectivity index (χ0n) is 13.6. The predicted molar refractivity (Wildman–Crippen MR) is 87.6 cm³/mol. The van der Waals surface area contributed by atoms with E-state index in [1.165, 1.54) is 18.7 Å². The number of fused-ring (bicyclic) bond motifs is 1. The molecule has 1 aromatic heterocycles. The average Bonchev–Trinajstić information content (AvgIpc) is 2.60. The molecule has 1 heterocycles. The fourth-order valence-corrected chi connectivity index (χ4v) is 3.80. The Morgan fingerprint density at radius 1 is 1.26 bits per heavy atom. The van der Waals surface area contributed by atoms with Gasteiger partial charge in [0.25, 0.3) is 0 Å². The van der Waals surface area contributed by atoms with Gasteiger partial charge in [0.15, 0.2) is 0 Å². The summed E-state index contributed by atoms with van der Waals surface area (Å²) in [6, 6.07) is 6.78. The fraction of sp³-hybridized carbons (Fsp3) is 0.474. The second-order valence-corrected chi connectivity index (χ2v) is 6.49. The lowest BCUT2D eigenvalue weighted by Gasteiger charge is -2.31. The fourth-order valence-electron chi connectivity index (χ4n) is 3.80. The summed E-state index contributed by atoms with van der Waals surface area (Å²) in [6.07, 6.45) is 5.84. The number of rotatable bonds is 3. The topological polar surface area (TPSA) is 39.2 Å². The molecule has 0 saturated heterocycles. The molecule has 122 valence electrons. The summed E-state index contributed by atoms with van der Waals surface area (Å²) in [6.45, 7) is 1.95. The predicted octanol–water partition coefficient (Wildman–Crippen LogP) is 4.46. The lowest BCUT2D eigenvalue weighted by Crippen LogP contribution is -2.26. The van der Waals surface area contributed by atoms with Crippen molar-refractivity contribution in [3.05, 3.63) is 41.8 Å². The lowest BCUT2D eigenvalue weighted by molar-refractivity contribution is -0.147. The Hall–Kier alpha value is -1.97.